The van der Waals surface area contributed by atoms with Crippen LogP contribution >= 0.6 is 24.0 Å². The molecule has 1 atom stereocenters. The Hall–Kier alpha value is -1.26. The van der Waals surface area contributed by atoms with E-state index in [0.29, 0.717) is 19.8 Å². The number of methoxy groups -OCH3 is 2. The molecule has 1 aliphatic rings. The number of guanidine groups is 1. The highest BCUT2D eigenvalue weighted by Crippen LogP contribution is 2.30. The Morgan fingerprint density at radius 2 is 2.11 bits per heavy atom. The molecule has 1 saturated heterocycles. The van der Waals surface area contributed by atoms with Crippen molar-refractivity contribution in [1.29, 1.82) is 0 Å². The first-order valence-corrected chi connectivity index (χ1v) is 9.12. The van der Waals surface area contributed by atoms with Gasteiger partial charge in [-0.1, -0.05) is 12.1 Å². The molecule has 0 radical (unpaired) electrons. The summed E-state index contributed by atoms with van der Waals surface area (Å²) in [5, 5.41) is 6.58. The third kappa shape index (κ3) is 8.10. The van der Waals surface area contributed by atoms with E-state index in [9.17, 15) is 0 Å². The fraction of sp³-hybridized carbons (Fsp3) is 0.632. The molecular formula is C19H32IN3O4. The topological polar surface area (TPSA) is 73.3 Å². The number of nitrogens with one attached hydrogen (secondary N) is 2. The van der Waals surface area contributed by atoms with Crippen LogP contribution in [-0.2, 0) is 16.0 Å². The number of ether oxygens (including phenoxy) is 4. The van der Waals surface area contributed by atoms with Crippen molar-refractivity contribution in [1.82, 2.24) is 10.6 Å². The van der Waals surface area contributed by atoms with Crippen molar-refractivity contribution in [3.63, 3.8) is 0 Å². The van der Waals surface area contributed by atoms with E-state index in [0.717, 1.165) is 55.4 Å². The lowest BCUT2D eigenvalue weighted by Crippen LogP contribution is -2.37. The van der Waals surface area contributed by atoms with E-state index in [-0.39, 0.29) is 30.1 Å². The predicted molar refractivity (Wildman–Crippen MR) is 118 cm³/mol. The SMILES string of the molecule is CN=C(NCCCOCC1CCCO1)NCc1cccc(OC)c1OC.I. The Bertz CT molecular complexity index is 566. The smallest absolute Gasteiger partial charge is 0.191 e. The van der Waals surface area contributed by atoms with Crippen LogP contribution in [0.2, 0.25) is 0 Å². The van der Waals surface area contributed by atoms with Gasteiger partial charge in [-0.15, -0.1) is 24.0 Å². The van der Waals surface area contributed by atoms with Gasteiger partial charge in [0.1, 0.15) is 0 Å². The van der Waals surface area contributed by atoms with E-state index in [1.165, 1.54) is 0 Å². The quantitative estimate of drug-likeness (QED) is 0.226. The number of hydrogen-bond donors (Lipinski definition) is 2. The van der Waals surface area contributed by atoms with E-state index < -0.39 is 0 Å². The molecule has 1 heterocycles. The van der Waals surface area contributed by atoms with Gasteiger partial charge in [0.15, 0.2) is 17.5 Å². The second kappa shape index (κ2) is 13.8. The van der Waals surface area contributed by atoms with Crippen molar-refractivity contribution in [2.45, 2.75) is 31.9 Å². The molecule has 7 nitrogen and oxygen atoms in total. The zero-order valence-corrected chi connectivity index (χ0v) is 18.8. The lowest BCUT2D eigenvalue weighted by molar-refractivity contribution is 0.0168. The fourth-order valence-electron chi connectivity index (χ4n) is 2.86. The second-order valence-electron chi connectivity index (χ2n) is 6.07. The number of benzene rings is 1. The van der Waals surface area contributed by atoms with E-state index >= 15 is 0 Å². The van der Waals surface area contributed by atoms with Crippen LogP contribution in [0.15, 0.2) is 23.2 Å². The number of para-hydroxylation sites is 1. The van der Waals surface area contributed by atoms with Gasteiger partial charge in [-0.05, 0) is 25.3 Å². The first-order chi connectivity index (χ1) is 12.8. The number of rotatable bonds is 10. The zero-order valence-electron chi connectivity index (χ0n) is 16.5. The van der Waals surface area contributed by atoms with Crippen molar-refractivity contribution in [2.75, 3.05) is 47.6 Å². The summed E-state index contributed by atoms with van der Waals surface area (Å²) >= 11 is 0. The third-order valence-electron chi connectivity index (χ3n) is 4.24. The van der Waals surface area contributed by atoms with Crippen LogP contribution < -0.4 is 20.1 Å². The van der Waals surface area contributed by atoms with E-state index in [2.05, 4.69) is 15.6 Å². The van der Waals surface area contributed by atoms with Crippen molar-refractivity contribution in [2.24, 2.45) is 4.99 Å². The molecule has 8 heteroatoms. The fourth-order valence-corrected chi connectivity index (χ4v) is 2.86. The molecule has 1 fully saturated rings. The highest BCUT2D eigenvalue weighted by Gasteiger charge is 2.15. The van der Waals surface area contributed by atoms with Gasteiger partial charge >= 0.3 is 0 Å². The van der Waals surface area contributed by atoms with Gasteiger partial charge < -0.3 is 29.6 Å². The minimum atomic E-state index is 0. The van der Waals surface area contributed by atoms with Gasteiger partial charge in [-0.2, -0.15) is 0 Å². The summed E-state index contributed by atoms with van der Waals surface area (Å²) < 4.78 is 22.0. The molecule has 0 spiro atoms. The Morgan fingerprint density at radius 3 is 2.78 bits per heavy atom. The maximum atomic E-state index is 5.66. The average molecular weight is 493 g/mol. The average Bonchev–Trinajstić information content (AvgIpc) is 3.19. The van der Waals surface area contributed by atoms with Crippen LogP contribution in [0.4, 0.5) is 0 Å². The molecule has 0 aromatic heterocycles. The molecule has 0 aliphatic carbocycles. The molecule has 0 amide bonds. The molecule has 1 aliphatic heterocycles. The van der Waals surface area contributed by atoms with Crippen molar-refractivity contribution < 1.29 is 18.9 Å². The Balaban J connectivity index is 0.00000364. The maximum Gasteiger partial charge on any atom is 0.191 e. The molecular weight excluding hydrogens is 461 g/mol. The summed E-state index contributed by atoms with van der Waals surface area (Å²) in [5.41, 5.74) is 1.01. The summed E-state index contributed by atoms with van der Waals surface area (Å²) in [7, 11) is 5.04. The van der Waals surface area contributed by atoms with Gasteiger partial charge in [0.25, 0.3) is 0 Å². The number of halogens is 1. The Kier molecular flexibility index (Phi) is 12.2. The predicted octanol–water partition coefficient (Wildman–Crippen LogP) is 2.57. The van der Waals surface area contributed by atoms with Gasteiger partial charge in [-0.3, -0.25) is 4.99 Å². The van der Waals surface area contributed by atoms with Crippen LogP contribution in [0.25, 0.3) is 0 Å². The van der Waals surface area contributed by atoms with E-state index in [4.69, 9.17) is 18.9 Å². The first-order valence-electron chi connectivity index (χ1n) is 9.12. The van der Waals surface area contributed by atoms with Crippen LogP contribution in [0, 0.1) is 0 Å². The van der Waals surface area contributed by atoms with E-state index in [1.54, 1.807) is 21.3 Å². The van der Waals surface area contributed by atoms with Crippen LogP contribution in [-0.4, -0.2) is 59.7 Å². The molecule has 0 bridgehead atoms. The van der Waals surface area contributed by atoms with Gasteiger partial charge in [0, 0.05) is 38.9 Å². The molecule has 2 N–H and O–H groups in total. The Morgan fingerprint density at radius 1 is 1.26 bits per heavy atom. The summed E-state index contributed by atoms with van der Waals surface area (Å²) in [6.07, 6.45) is 3.46. The highest BCUT2D eigenvalue weighted by molar-refractivity contribution is 14.0. The highest BCUT2D eigenvalue weighted by atomic mass is 127. The summed E-state index contributed by atoms with van der Waals surface area (Å²) in [6, 6.07) is 5.83. The number of nitrogens with zero attached hydrogens (tertiary/aromatic N) is 1. The van der Waals surface area contributed by atoms with E-state index in [1.807, 2.05) is 18.2 Å². The number of hydrogen-bond acceptors (Lipinski definition) is 5. The largest absolute Gasteiger partial charge is 0.493 e. The van der Waals surface area contributed by atoms with Gasteiger partial charge in [0.05, 0.1) is 26.9 Å². The summed E-state index contributed by atoms with van der Waals surface area (Å²) in [6.45, 7) is 3.67. The molecule has 154 valence electrons. The van der Waals surface area contributed by atoms with Crippen molar-refractivity contribution in [3.05, 3.63) is 23.8 Å². The lowest BCUT2D eigenvalue weighted by Gasteiger charge is -2.15. The van der Waals surface area contributed by atoms with Crippen LogP contribution in [0.3, 0.4) is 0 Å². The minimum Gasteiger partial charge on any atom is -0.493 e. The standard InChI is InChI=1S/C19H31N3O4.HI/c1-20-19(21-10-6-11-25-14-16-8-5-12-26-16)22-13-15-7-4-9-17(23-2)18(15)24-3;/h4,7,9,16H,5-6,8,10-14H2,1-3H3,(H2,20,21,22);1H. The maximum absolute atomic E-state index is 5.66. The molecule has 1 aromatic carbocycles. The van der Waals surface area contributed by atoms with Crippen LogP contribution in [0.1, 0.15) is 24.8 Å². The van der Waals surface area contributed by atoms with Crippen molar-refractivity contribution >= 4 is 29.9 Å². The monoisotopic (exact) mass is 493 g/mol. The molecule has 2 rings (SSSR count). The zero-order chi connectivity index (χ0) is 18.6. The molecule has 1 unspecified atom stereocenters. The molecule has 0 saturated carbocycles. The first kappa shape index (κ1) is 23.8. The second-order valence-corrected chi connectivity index (χ2v) is 6.07. The molecule has 1 aromatic rings. The number of aliphatic imine (C=N–C) groups is 1. The minimum absolute atomic E-state index is 0. The summed E-state index contributed by atoms with van der Waals surface area (Å²) in [4.78, 5) is 4.24. The lowest BCUT2D eigenvalue weighted by atomic mass is 10.2. The van der Waals surface area contributed by atoms with Gasteiger partial charge in [-0.25, -0.2) is 0 Å². The Labute approximate surface area is 179 Å². The van der Waals surface area contributed by atoms with Gasteiger partial charge in [0.2, 0.25) is 0 Å². The third-order valence-corrected chi connectivity index (χ3v) is 4.24. The van der Waals surface area contributed by atoms with Crippen LogP contribution in [0.5, 0.6) is 11.5 Å². The van der Waals surface area contributed by atoms with Crippen molar-refractivity contribution in [3.8, 4) is 11.5 Å². The summed E-state index contributed by atoms with van der Waals surface area (Å²) in [5.74, 6) is 2.20. The normalized spacial score (nSPS) is 16.6. The molecule has 27 heavy (non-hydrogen) atoms.